The van der Waals surface area contributed by atoms with Crippen molar-refractivity contribution in [3.8, 4) is 0 Å². The Bertz CT molecular complexity index is 1020. The van der Waals surface area contributed by atoms with Crippen LogP contribution < -0.4 is 5.32 Å². The number of Topliss-reactive ketones (excluding diaryl/α,β-unsaturated/α-hetero) is 1. The highest BCUT2D eigenvalue weighted by Gasteiger charge is 2.25. The minimum atomic E-state index is -0.528. The van der Waals surface area contributed by atoms with E-state index in [0.717, 1.165) is 31.3 Å². The maximum atomic E-state index is 13.0. The van der Waals surface area contributed by atoms with E-state index < -0.39 is 6.09 Å². The first-order valence-corrected chi connectivity index (χ1v) is 10.0. The Hall–Kier alpha value is -3.19. The molecule has 0 atom stereocenters. The van der Waals surface area contributed by atoms with Crippen molar-refractivity contribution in [2.45, 2.75) is 12.8 Å². The predicted octanol–water partition coefficient (Wildman–Crippen LogP) is 4.72. The second kappa shape index (κ2) is 9.09. The molecule has 1 aromatic heterocycles. The molecule has 1 aliphatic heterocycles. The van der Waals surface area contributed by atoms with E-state index in [-0.39, 0.29) is 24.1 Å². The molecular formula is C23H23FN2O4. The molecule has 0 saturated carbocycles. The molecule has 1 aliphatic rings. The highest BCUT2D eigenvalue weighted by molar-refractivity contribution is 5.98. The lowest BCUT2D eigenvalue weighted by molar-refractivity contribution is 0.0813. The number of nitrogens with zero attached hydrogens (tertiary/aromatic N) is 1. The standard InChI is InChI=1S/C23H23FN2O4/c24-19-6-4-16(5-7-19)21(27)17-8-11-26(12-9-17)13-15-30-23(28)25-20-3-1-2-18-10-14-29-22(18)20/h1-7,10,14,17H,8-9,11-13,15H2,(H,25,28). The number of rotatable bonds is 6. The van der Waals surface area contributed by atoms with Gasteiger partial charge in [0, 0.05) is 23.4 Å². The number of furan rings is 1. The smallest absolute Gasteiger partial charge is 0.411 e. The zero-order valence-corrected chi connectivity index (χ0v) is 16.5. The van der Waals surface area contributed by atoms with Gasteiger partial charge in [0.05, 0.1) is 12.0 Å². The van der Waals surface area contributed by atoms with Crippen LogP contribution in [0.4, 0.5) is 14.9 Å². The molecule has 156 valence electrons. The summed E-state index contributed by atoms with van der Waals surface area (Å²) in [6.07, 6.45) is 2.53. The van der Waals surface area contributed by atoms with E-state index in [4.69, 9.17) is 9.15 Å². The van der Waals surface area contributed by atoms with Gasteiger partial charge >= 0.3 is 6.09 Å². The number of piperidine rings is 1. The SMILES string of the molecule is O=C(Nc1cccc2ccoc12)OCCN1CCC(C(=O)c2ccc(F)cc2)CC1. The Morgan fingerprint density at radius 3 is 2.63 bits per heavy atom. The Morgan fingerprint density at radius 1 is 1.10 bits per heavy atom. The largest absolute Gasteiger partial charge is 0.462 e. The van der Waals surface area contributed by atoms with Gasteiger partial charge in [-0.25, -0.2) is 9.18 Å². The molecule has 1 saturated heterocycles. The first-order chi connectivity index (χ1) is 14.6. The number of hydrogen-bond donors (Lipinski definition) is 1. The van der Waals surface area contributed by atoms with Crippen LogP contribution in [-0.2, 0) is 4.74 Å². The summed E-state index contributed by atoms with van der Waals surface area (Å²) in [6, 6.07) is 13.0. The summed E-state index contributed by atoms with van der Waals surface area (Å²) in [4.78, 5) is 26.8. The summed E-state index contributed by atoms with van der Waals surface area (Å²) in [5.41, 5.74) is 1.74. The lowest BCUT2D eigenvalue weighted by Crippen LogP contribution is -2.38. The Labute approximate surface area is 173 Å². The second-order valence-electron chi connectivity index (χ2n) is 7.39. The first kappa shape index (κ1) is 20.1. The average molecular weight is 410 g/mol. The third-order valence-electron chi connectivity index (χ3n) is 5.44. The molecule has 0 unspecified atom stereocenters. The summed E-state index contributed by atoms with van der Waals surface area (Å²) < 4.78 is 23.7. The first-order valence-electron chi connectivity index (χ1n) is 10.0. The molecule has 2 heterocycles. The number of hydrogen-bond acceptors (Lipinski definition) is 5. The molecule has 30 heavy (non-hydrogen) atoms. The molecule has 4 rings (SSSR count). The zero-order chi connectivity index (χ0) is 20.9. The van der Waals surface area contributed by atoms with Crippen LogP contribution in [0.3, 0.4) is 0 Å². The molecule has 0 aliphatic carbocycles. The van der Waals surface area contributed by atoms with Crippen molar-refractivity contribution in [3.63, 3.8) is 0 Å². The van der Waals surface area contributed by atoms with Gasteiger partial charge in [-0.15, -0.1) is 0 Å². The Balaban J connectivity index is 1.19. The normalized spacial score (nSPS) is 15.2. The Kier molecular flexibility index (Phi) is 6.09. The number of nitrogens with one attached hydrogen (secondary N) is 1. The zero-order valence-electron chi connectivity index (χ0n) is 16.5. The number of anilines is 1. The maximum absolute atomic E-state index is 13.0. The number of para-hydroxylation sites is 1. The van der Waals surface area contributed by atoms with Crippen LogP contribution >= 0.6 is 0 Å². The molecule has 0 bridgehead atoms. The van der Waals surface area contributed by atoms with Crippen molar-refractivity contribution in [2.24, 2.45) is 5.92 Å². The van der Waals surface area contributed by atoms with Gasteiger partial charge in [0.25, 0.3) is 0 Å². The van der Waals surface area contributed by atoms with Crippen LogP contribution in [0.1, 0.15) is 23.2 Å². The van der Waals surface area contributed by atoms with Crippen LogP contribution in [0, 0.1) is 11.7 Å². The fraction of sp³-hybridized carbons (Fsp3) is 0.304. The van der Waals surface area contributed by atoms with E-state index in [1.165, 1.54) is 12.1 Å². The van der Waals surface area contributed by atoms with Crippen LogP contribution in [0.15, 0.2) is 59.2 Å². The van der Waals surface area contributed by atoms with Gasteiger partial charge in [-0.05, 0) is 62.3 Å². The average Bonchev–Trinajstić information content (AvgIpc) is 3.24. The molecular weight excluding hydrogens is 387 g/mol. The molecule has 2 aromatic carbocycles. The molecule has 1 fully saturated rings. The number of benzene rings is 2. The van der Waals surface area contributed by atoms with Crippen molar-refractivity contribution in [2.75, 3.05) is 31.6 Å². The summed E-state index contributed by atoms with van der Waals surface area (Å²) in [5, 5.41) is 3.62. The molecule has 1 N–H and O–H groups in total. The van der Waals surface area contributed by atoms with Crippen molar-refractivity contribution in [1.29, 1.82) is 0 Å². The van der Waals surface area contributed by atoms with Gasteiger partial charge in [0.1, 0.15) is 12.4 Å². The minimum Gasteiger partial charge on any atom is -0.462 e. The van der Waals surface area contributed by atoms with Gasteiger partial charge in [-0.1, -0.05) is 12.1 Å². The van der Waals surface area contributed by atoms with E-state index >= 15 is 0 Å². The maximum Gasteiger partial charge on any atom is 0.411 e. The van der Waals surface area contributed by atoms with Gasteiger partial charge in [-0.2, -0.15) is 0 Å². The lowest BCUT2D eigenvalue weighted by Gasteiger charge is -2.31. The molecule has 6 nitrogen and oxygen atoms in total. The highest BCUT2D eigenvalue weighted by atomic mass is 19.1. The van der Waals surface area contributed by atoms with Crippen molar-refractivity contribution in [1.82, 2.24) is 4.90 Å². The summed E-state index contributed by atoms with van der Waals surface area (Å²) >= 11 is 0. The second-order valence-corrected chi connectivity index (χ2v) is 7.39. The number of carbonyl (C=O) groups excluding carboxylic acids is 2. The van der Waals surface area contributed by atoms with Crippen molar-refractivity contribution < 1.29 is 23.1 Å². The van der Waals surface area contributed by atoms with Crippen LogP contribution in [0.25, 0.3) is 11.0 Å². The van der Waals surface area contributed by atoms with E-state index in [9.17, 15) is 14.0 Å². The molecule has 0 radical (unpaired) electrons. The van der Waals surface area contributed by atoms with E-state index in [1.807, 2.05) is 18.2 Å². The predicted molar refractivity (Wildman–Crippen MR) is 111 cm³/mol. The highest BCUT2D eigenvalue weighted by Crippen LogP contribution is 2.24. The number of halogens is 1. The number of likely N-dealkylation sites (tertiary alicyclic amines) is 1. The van der Waals surface area contributed by atoms with E-state index in [2.05, 4.69) is 10.2 Å². The fourth-order valence-electron chi connectivity index (χ4n) is 3.77. The van der Waals surface area contributed by atoms with Gasteiger partial charge < -0.3 is 9.15 Å². The molecule has 3 aromatic rings. The van der Waals surface area contributed by atoms with Crippen LogP contribution in [-0.4, -0.2) is 43.0 Å². The van der Waals surface area contributed by atoms with E-state index in [1.54, 1.807) is 24.5 Å². The number of carbonyl (C=O) groups is 2. The summed E-state index contributed by atoms with van der Waals surface area (Å²) in [5.74, 6) is -0.326. The number of ketones is 1. The van der Waals surface area contributed by atoms with Crippen molar-refractivity contribution >= 4 is 28.5 Å². The summed E-state index contributed by atoms with van der Waals surface area (Å²) in [6.45, 7) is 2.38. The van der Waals surface area contributed by atoms with Crippen LogP contribution in [0.2, 0.25) is 0 Å². The van der Waals surface area contributed by atoms with Gasteiger partial charge in [0.15, 0.2) is 11.4 Å². The lowest BCUT2D eigenvalue weighted by atomic mass is 9.89. The minimum absolute atomic E-state index is 0.0512. The topological polar surface area (TPSA) is 71.8 Å². The quantitative estimate of drug-likeness (QED) is 0.596. The molecule has 1 amide bonds. The van der Waals surface area contributed by atoms with E-state index in [0.29, 0.717) is 23.4 Å². The number of ether oxygens (including phenoxy) is 1. The molecule has 0 spiro atoms. The summed E-state index contributed by atoms with van der Waals surface area (Å²) in [7, 11) is 0. The van der Waals surface area contributed by atoms with Crippen LogP contribution in [0.5, 0.6) is 0 Å². The van der Waals surface area contributed by atoms with Crippen molar-refractivity contribution in [3.05, 3.63) is 66.2 Å². The number of amides is 1. The number of fused-ring (bicyclic) bond motifs is 1. The fourth-order valence-corrected chi connectivity index (χ4v) is 3.77. The Morgan fingerprint density at radius 2 is 1.87 bits per heavy atom. The third kappa shape index (κ3) is 4.68. The third-order valence-corrected chi connectivity index (χ3v) is 5.44. The van der Waals surface area contributed by atoms with Gasteiger partial charge in [-0.3, -0.25) is 15.0 Å². The molecule has 7 heteroatoms. The monoisotopic (exact) mass is 410 g/mol. The van der Waals surface area contributed by atoms with Gasteiger partial charge in [0.2, 0.25) is 0 Å².